The quantitative estimate of drug-likeness (QED) is 0.531. The minimum atomic E-state index is -0.210. The number of esters is 1. The summed E-state index contributed by atoms with van der Waals surface area (Å²) in [6.45, 7) is 6.52. The number of nitrogens with zero attached hydrogens (tertiary/aromatic N) is 6. The van der Waals surface area contributed by atoms with Gasteiger partial charge in [0.05, 0.1) is 17.7 Å². The number of cyclic esters (lactones) is 1. The van der Waals surface area contributed by atoms with E-state index in [1.54, 1.807) is 11.0 Å². The number of piperazine rings is 1. The molecule has 33 heavy (non-hydrogen) atoms. The normalized spacial score (nSPS) is 16.0. The second-order valence-corrected chi connectivity index (χ2v) is 8.59. The van der Waals surface area contributed by atoms with Gasteiger partial charge >= 0.3 is 5.97 Å². The van der Waals surface area contributed by atoms with Crippen molar-refractivity contribution in [1.82, 2.24) is 30.0 Å². The van der Waals surface area contributed by atoms with Crippen LogP contribution in [0.1, 0.15) is 32.6 Å². The minimum Gasteiger partial charge on any atom is -0.457 e. The molecule has 0 saturated carbocycles. The number of hydrogen-bond donors (Lipinski definition) is 0. The fraction of sp³-hybridized carbons (Fsp3) is 0.375. The molecule has 0 N–H and O–H groups in total. The number of benzene rings is 2. The van der Waals surface area contributed by atoms with Crippen molar-refractivity contribution in [3.63, 3.8) is 0 Å². The zero-order valence-corrected chi connectivity index (χ0v) is 18.6. The molecule has 0 atom stereocenters. The van der Waals surface area contributed by atoms with Crippen LogP contribution >= 0.6 is 0 Å². The molecular weight excluding hydrogens is 420 g/mol. The van der Waals surface area contributed by atoms with Gasteiger partial charge in [-0.2, -0.15) is 0 Å². The first kappa shape index (κ1) is 21.3. The summed E-state index contributed by atoms with van der Waals surface area (Å²) in [6.07, 6.45) is 2.86. The molecular formula is C24H26N6O3. The number of tetrazole rings is 1. The maximum atomic E-state index is 12.8. The fourth-order valence-corrected chi connectivity index (χ4v) is 4.55. The molecule has 9 nitrogen and oxygen atoms in total. The number of rotatable bonds is 6. The number of aryl methyl sites for hydroxylation is 1. The SMILES string of the molecule is Cc1cc(CCN2CCN(C(=O)Cc3ccc(-n4cnnn4)cc3)CC2)cc2c1C(=O)OC2. The van der Waals surface area contributed by atoms with E-state index in [0.29, 0.717) is 13.0 Å². The second-order valence-electron chi connectivity index (χ2n) is 8.59. The number of ether oxygens (including phenoxy) is 1. The molecule has 0 spiro atoms. The predicted octanol–water partition coefficient (Wildman–Crippen LogP) is 1.57. The zero-order valence-electron chi connectivity index (χ0n) is 18.6. The maximum Gasteiger partial charge on any atom is 0.339 e. The molecule has 3 aromatic rings. The lowest BCUT2D eigenvalue weighted by Crippen LogP contribution is -2.49. The van der Waals surface area contributed by atoms with Crippen LogP contribution in [-0.4, -0.2) is 74.6 Å². The third-order valence-electron chi connectivity index (χ3n) is 6.39. The molecule has 5 rings (SSSR count). The molecule has 0 bridgehead atoms. The highest BCUT2D eigenvalue weighted by Crippen LogP contribution is 2.25. The van der Waals surface area contributed by atoms with Crippen LogP contribution in [-0.2, 0) is 29.0 Å². The number of carbonyl (C=O) groups is 2. The Morgan fingerprint density at radius 3 is 2.58 bits per heavy atom. The van der Waals surface area contributed by atoms with Crippen LogP contribution in [0.4, 0.5) is 0 Å². The van der Waals surface area contributed by atoms with E-state index >= 15 is 0 Å². The molecule has 2 aromatic carbocycles. The Morgan fingerprint density at radius 2 is 1.85 bits per heavy atom. The van der Waals surface area contributed by atoms with Crippen molar-refractivity contribution < 1.29 is 14.3 Å². The topological polar surface area (TPSA) is 93.5 Å². The van der Waals surface area contributed by atoms with Gasteiger partial charge in [-0.3, -0.25) is 9.69 Å². The van der Waals surface area contributed by atoms with Gasteiger partial charge in [-0.05, 0) is 52.6 Å². The van der Waals surface area contributed by atoms with E-state index in [0.717, 1.165) is 67.1 Å². The first-order chi connectivity index (χ1) is 16.1. The highest BCUT2D eigenvalue weighted by molar-refractivity contribution is 5.95. The third-order valence-corrected chi connectivity index (χ3v) is 6.39. The fourth-order valence-electron chi connectivity index (χ4n) is 4.55. The lowest BCUT2D eigenvalue weighted by atomic mass is 9.98. The molecule has 1 amide bonds. The van der Waals surface area contributed by atoms with Crippen molar-refractivity contribution in [3.05, 3.63) is 70.5 Å². The average molecular weight is 447 g/mol. The van der Waals surface area contributed by atoms with Crippen LogP contribution in [0.3, 0.4) is 0 Å². The summed E-state index contributed by atoms with van der Waals surface area (Å²) >= 11 is 0. The van der Waals surface area contributed by atoms with E-state index in [9.17, 15) is 9.59 Å². The Balaban J connectivity index is 1.10. The summed E-state index contributed by atoms with van der Waals surface area (Å²) in [7, 11) is 0. The second kappa shape index (κ2) is 9.11. The molecule has 0 unspecified atom stereocenters. The van der Waals surface area contributed by atoms with E-state index in [2.05, 4.69) is 32.6 Å². The Kier molecular flexibility index (Phi) is 5.87. The van der Waals surface area contributed by atoms with Crippen LogP contribution in [0.15, 0.2) is 42.7 Å². The van der Waals surface area contributed by atoms with Crippen molar-refractivity contribution >= 4 is 11.9 Å². The molecule has 1 fully saturated rings. The van der Waals surface area contributed by atoms with Crippen molar-refractivity contribution in [3.8, 4) is 5.69 Å². The van der Waals surface area contributed by atoms with E-state index in [-0.39, 0.29) is 11.9 Å². The number of amides is 1. The Bertz CT molecular complexity index is 1150. The van der Waals surface area contributed by atoms with Crippen molar-refractivity contribution in [1.29, 1.82) is 0 Å². The van der Waals surface area contributed by atoms with Crippen molar-refractivity contribution in [2.75, 3.05) is 32.7 Å². The molecule has 2 aliphatic heterocycles. The number of fused-ring (bicyclic) bond motifs is 1. The van der Waals surface area contributed by atoms with Gasteiger partial charge in [-0.1, -0.05) is 24.3 Å². The first-order valence-electron chi connectivity index (χ1n) is 11.2. The summed E-state index contributed by atoms with van der Waals surface area (Å²) in [5, 5.41) is 11.1. The lowest BCUT2D eigenvalue weighted by Gasteiger charge is -2.35. The molecule has 1 aromatic heterocycles. The van der Waals surface area contributed by atoms with Gasteiger partial charge < -0.3 is 9.64 Å². The number of hydrogen-bond acceptors (Lipinski definition) is 7. The minimum absolute atomic E-state index is 0.156. The summed E-state index contributed by atoms with van der Waals surface area (Å²) in [5.74, 6) is -0.0537. The van der Waals surface area contributed by atoms with Gasteiger partial charge in [0.2, 0.25) is 5.91 Å². The standard InChI is InChI=1S/C24H26N6O3/c1-17-12-19(13-20-15-33-24(32)23(17)20)6-7-28-8-10-29(11-9-28)22(31)14-18-2-4-21(5-3-18)30-16-25-26-27-30/h2-5,12-13,16H,6-11,14-15H2,1H3. The zero-order chi connectivity index (χ0) is 22.8. The summed E-state index contributed by atoms with van der Waals surface area (Å²) in [6, 6.07) is 11.9. The van der Waals surface area contributed by atoms with Crippen LogP contribution < -0.4 is 0 Å². The van der Waals surface area contributed by atoms with Gasteiger partial charge in [0.15, 0.2) is 0 Å². The Hall–Kier alpha value is -3.59. The smallest absolute Gasteiger partial charge is 0.339 e. The molecule has 1 saturated heterocycles. The van der Waals surface area contributed by atoms with Crippen LogP contribution in [0, 0.1) is 6.92 Å². The molecule has 0 radical (unpaired) electrons. The maximum absolute atomic E-state index is 12.8. The molecule has 170 valence electrons. The molecule has 9 heteroatoms. The molecule has 3 heterocycles. The number of aromatic nitrogens is 4. The van der Waals surface area contributed by atoms with Gasteiger partial charge in [0, 0.05) is 38.3 Å². The molecule has 0 aliphatic carbocycles. The van der Waals surface area contributed by atoms with E-state index in [4.69, 9.17) is 4.74 Å². The van der Waals surface area contributed by atoms with Gasteiger partial charge in [0.1, 0.15) is 12.9 Å². The lowest BCUT2D eigenvalue weighted by molar-refractivity contribution is -0.132. The van der Waals surface area contributed by atoms with Gasteiger partial charge in [0.25, 0.3) is 0 Å². The number of carbonyl (C=O) groups excluding carboxylic acids is 2. The Morgan fingerprint density at radius 1 is 1.06 bits per heavy atom. The van der Waals surface area contributed by atoms with Crippen LogP contribution in [0.25, 0.3) is 5.69 Å². The van der Waals surface area contributed by atoms with Gasteiger partial charge in [-0.25, -0.2) is 9.48 Å². The summed E-state index contributed by atoms with van der Waals surface area (Å²) in [4.78, 5) is 28.9. The predicted molar refractivity (Wildman–Crippen MR) is 120 cm³/mol. The van der Waals surface area contributed by atoms with E-state index in [1.807, 2.05) is 36.1 Å². The van der Waals surface area contributed by atoms with E-state index < -0.39 is 0 Å². The largest absolute Gasteiger partial charge is 0.457 e. The van der Waals surface area contributed by atoms with E-state index in [1.165, 1.54) is 5.56 Å². The molecule has 2 aliphatic rings. The third kappa shape index (κ3) is 4.63. The van der Waals surface area contributed by atoms with Gasteiger partial charge in [-0.15, -0.1) is 5.10 Å². The summed E-state index contributed by atoms with van der Waals surface area (Å²) < 4.78 is 6.74. The van der Waals surface area contributed by atoms with Crippen molar-refractivity contribution in [2.24, 2.45) is 0 Å². The van der Waals surface area contributed by atoms with Crippen LogP contribution in [0.2, 0.25) is 0 Å². The Labute approximate surface area is 191 Å². The van der Waals surface area contributed by atoms with Crippen molar-refractivity contribution in [2.45, 2.75) is 26.4 Å². The highest BCUT2D eigenvalue weighted by Gasteiger charge is 2.24. The highest BCUT2D eigenvalue weighted by atomic mass is 16.5. The summed E-state index contributed by atoms with van der Waals surface area (Å²) in [5.41, 5.74) is 5.79. The average Bonchev–Trinajstić information content (AvgIpc) is 3.49. The monoisotopic (exact) mass is 446 g/mol. The van der Waals surface area contributed by atoms with Crippen LogP contribution in [0.5, 0.6) is 0 Å². The first-order valence-corrected chi connectivity index (χ1v) is 11.2.